The maximum absolute atomic E-state index is 12.6. The minimum absolute atomic E-state index is 0.0314. The third kappa shape index (κ3) is 4.43. The minimum atomic E-state index is -4.44. The molecule has 1 saturated heterocycles. The predicted octanol–water partition coefficient (Wildman–Crippen LogP) is 3.20. The van der Waals surface area contributed by atoms with Gasteiger partial charge in [-0.15, -0.1) is 0 Å². The molecule has 2 amide bonds. The first-order valence-electron chi connectivity index (χ1n) is 7.60. The highest BCUT2D eigenvalue weighted by molar-refractivity contribution is 6.32. The zero-order valence-corrected chi connectivity index (χ0v) is 13.9. The Morgan fingerprint density at radius 1 is 1.46 bits per heavy atom. The smallest absolute Gasteiger partial charge is 0.406 e. The van der Waals surface area contributed by atoms with Crippen LogP contribution in [0.4, 0.5) is 13.2 Å². The number of likely N-dealkylation sites (tertiary alicyclic amines) is 1. The first-order valence-corrected chi connectivity index (χ1v) is 7.98. The average molecular weight is 367 g/mol. The third-order valence-corrected chi connectivity index (χ3v) is 4.26. The Morgan fingerprint density at radius 3 is 2.71 bits per heavy atom. The van der Waals surface area contributed by atoms with E-state index in [0.29, 0.717) is 19.4 Å². The topological polar surface area (TPSA) is 53.8 Å². The molecular formula is C15H18ClF3N2O3. The number of hydrogen-bond acceptors (Lipinski definition) is 3. The van der Waals surface area contributed by atoms with E-state index >= 15 is 0 Å². The van der Waals surface area contributed by atoms with Crippen LogP contribution in [0.3, 0.4) is 0 Å². The summed E-state index contributed by atoms with van der Waals surface area (Å²) < 4.78 is 42.6. The lowest BCUT2D eigenvalue weighted by Crippen LogP contribution is -2.48. The fourth-order valence-electron chi connectivity index (χ4n) is 2.80. The highest BCUT2D eigenvalue weighted by Gasteiger charge is 2.37. The van der Waals surface area contributed by atoms with E-state index in [0.717, 1.165) is 4.90 Å². The van der Waals surface area contributed by atoms with Crippen molar-refractivity contribution in [3.63, 3.8) is 0 Å². The van der Waals surface area contributed by atoms with Crippen molar-refractivity contribution in [1.29, 1.82) is 0 Å². The van der Waals surface area contributed by atoms with Crippen LogP contribution in [-0.4, -0.2) is 54.0 Å². The van der Waals surface area contributed by atoms with Crippen molar-refractivity contribution in [1.82, 2.24) is 9.80 Å². The van der Waals surface area contributed by atoms with Crippen LogP contribution in [0.15, 0.2) is 16.7 Å². The van der Waals surface area contributed by atoms with Crippen LogP contribution in [0, 0.1) is 5.92 Å². The molecule has 1 aliphatic heterocycles. The molecule has 1 unspecified atom stereocenters. The van der Waals surface area contributed by atoms with Gasteiger partial charge in [0.25, 0.3) is 5.91 Å². The Labute approximate surface area is 142 Å². The van der Waals surface area contributed by atoms with Gasteiger partial charge >= 0.3 is 6.18 Å². The minimum Gasteiger partial charge on any atom is -0.452 e. The molecule has 2 rings (SSSR count). The van der Waals surface area contributed by atoms with Crippen molar-refractivity contribution in [2.24, 2.45) is 5.92 Å². The summed E-state index contributed by atoms with van der Waals surface area (Å²) in [4.78, 5) is 27.0. The van der Waals surface area contributed by atoms with Crippen molar-refractivity contribution < 1.29 is 27.2 Å². The third-order valence-electron chi connectivity index (χ3n) is 3.97. The monoisotopic (exact) mass is 366 g/mol. The quantitative estimate of drug-likeness (QED) is 0.822. The Kier molecular flexibility index (Phi) is 5.79. The van der Waals surface area contributed by atoms with E-state index in [1.54, 1.807) is 0 Å². The summed E-state index contributed by atoms with van der Waals surface area (Å²) in [7, 11) is 0. The molecule has 0 bridgehead atoms. The van der Waals surface area contributed by atoms with E-state index in [9.17, 15) is 22.8 Å². The second kappa shape index (κ2) is 7.46. The molecule has 0 radical (unpaired) electrons. The van der Waals surface area contributed by atoms with Gasteiger partial charge in [0.05, 0.1) is 17.7 Å². The van der Waals surface area contributed by atoms with Gasteiger partial charge in [0.15, 0.2) is 0 Å². The van der Waals surface area contributed by atoms with Crippen molar-refractivity contribution >= 4 is 23.4 Å². The van der Waals surface area contributed by atoms with Crippen molar-refractivity contribution in [2.75, 3.05) is 26.2 Å². The first-order chi connectivity index (χ1) is 11.2. The van der Waals surface area contributed by atoms with Crippen LogP contribution in [0.5, 0.6) is 0 Å². The highest BCUT2D eigenvalue weighted by atomic mass is 35.5. The molecule has 9 heteroatoms. The number of piperidine rings is 1. The number of alkyl halides is 3. The second-order valence-corrected chi connectivity index (χ2v) is 6.01. The van der Waals surface area contributed by atoms with Crippen molar-refractivity contribution in [3.8, 4) is 0 Å². The first kappa shape index (κ1) is 18.6. The highest BCUT2D eigenvalue weighted by Crippen LogP contribution is 2.25. The average Bonchev–Trinajstić information content (AvgIpc) is 2.96. The summed E-state index contributed by atoms with van der Waals surface area (Å²) in [6, 6.07) is 1.43. The molecule has 0 saturated carbocycles. The largest absolute Gasteiger partial charge is 0.452 e. The number of carbonyl (C=O) groups is 2. The zero-order chi connectivity index (χ0) is 17.9. The van der Waals surface area contributed by atoms with Crippen LogP contribution in [0.1, 0.15) is 30.1 Å². The fourth-order valence-corrected chi connectivity index (χ4v) is 3.00. The van der Waals surface area contributed by atoms with E-state index in [4.69, 9.17) is 16.0 Å². The number of halogens is 4. The molecule has 0 N–H and O–H groups in total. The number of amides is 2. The van der Waals surface area contributed by atoms with Crippen molar-refractivity contribution in [3.05, 3.63) is 23.1 Å². The van der Waals surface area contributed by atoms with Gasteiger partial charge in [0.2, 0.25) is 11.1 Å². The summed E-state index contributed by atoms with van der Waals surface area (Å²) >= 11 is 5.78. The maximum Gasteiger partial charge on any atom is 0.406 e. The molecule has 1 atom stereocenters. The van der Waals surface area contributed by atoms with Crippen LogP contribution in [0.25, 0.3) is 0 Å². The van der Waals surface area contributed by atoms with E-state index in [2.05, 4.69) is 0 Å². The Hall–Kier alpha value is -1.70. The Morgan fingerprint density at radius 2 is 2.17 bits per heavy atom. The van der Waals surface area contributed by atoms with Crippen LogP contribution in [0.2, 0.25) is 5.22 Å². The molecule has 5 nitrogen and oxygen atoms in total. The van der Waals surface area contributed by atoms with Crippen LogP contribution in [-0.2, 0) is 4.79 Å². The lowest BCUT2D eigenvalue weighted by molar-refractivity contribution is -0.164. The summed E-state index contributed by atoms with van der Waals surface area (Å²) in [5.41, 5.74) is 0.187. The van der Waals surface area contributed by atoms with E-state index in [1.807, 2.05) is 0 Å². The molecular weight excluding hydrogens is 349 g/mol. The summed E-state index contributed by atoms with van der Waals surface area (Å²) in [6.45, 7) is 0.695. The van der Waals surface area contributed by atoms with Gasteiger partial charge < -0.3 is 14.2 Å². The van der Waals surface area contributed by atoms with E-state index in [-0.39, 0.29) is 29.8 Å². The molecule has 0 aromatic carbocycles. The maximum atomic E-state index is 12.6. The predicted molar refractivity (Wildman–Crippen MR) is 80.7 cm³/mol. The number of nitrogens with zero attached hydrogens (tertiary/aromatic N) is 2. The normalized spacial score (nSPS) is 18.5. The molecule has 0 spiro atoms. The van der Waals surface area contributed by atoms with Gasteiger partial charge in [-0.3, -0.25) is 9.59 Å². The van der Waals surface area contributed by atoms with Gasteiger partial charge in [-0.1, -0.05) is 0 Å². The molecule has 134 valence electrons. The van der Waals surface area contributed by atoms with Crippen molar-refractivity contribution in [2.45, 2.75) is 25.9 Å². The SMILES string of the molecule is CCN(CC(F)(F)F)C(=O)C1CCCN(C(=O)c2ccoc2Cl)C1. The molecule has 1 aromatic heterocycles. The van der Waals surface area contributed by atoms with Gasteiger partial charge in [-0.25, -0.2) is 0 Å². The van der Waals surface area contributed by atoms with Gasteiger partial charge in [0, 0.05) is 19.6 Å². The van der Waals surface area contributed by atoms with Crippen LogP contribution >= 0.6 is 11.6 Å². The molecule has 24 heavy (non-hydrogen) atoms. The Bertz CT molecular complexity index is 603. The lowest BCUT2D eigenvalue weighted by atomic mass is 9.96. The van der Waals surface area contributed by atoms with E-state index < -0.39 is 24.5 Å². The lowest BCUT2D eigenvalue weighted by Gasteiger charge is -2.34. The van der Waals surface area contributed by atoms with Crippen LogP contribution < -0.4 is 0 Å². The zero-order valence-electron chi connectivity index (χ0n) is 13.1. The van der Waals surface area contributed by atoms with Gasteiger partial charge in [-0.2, -0.15) is 13.2 Å². The fraction of sp³-hybridized carbons (Fsp3) is 0.600. The standard InChI is InChI=1S/C15H18ClF3N2O3/c1-2-20(9-15(17,18)19)13(22)10-4-3-6-21(8-10)14(23)11-5-7-24-12(11)16/h5,7,10H,2-4,6,8-9H2,1H3. The number of rotatable bonds is 4. The molecule has 0 aliphatic carbocycles. The second-order valence-electron chi connectivity index (χ2n) is 5.67. The summed E-state index contributed by atoms with van der Waals surface area (Å²) in [6.07, 6.45) is -2.16. The summed E-state index contributed by atoms with van der Waals surface area (Å²) in [5.74, 6) is -1.61. The van der Waals surface area contributed by atoms with Gasteiger partial charge in [-0.05, 0) is 37.4 Å². The summed E-state index contributed by atoms with van der Waals surface area (Å²) in [5, 5.41) is -0.0410. The molecule has 1 aliphatic rings. The number of furan rings is 1. The Balaban J connectivity index is 2.05. The van der Waals surface area contributed by atoms with Gasteiger partial charge in [0.1, 0.15) is 6.54 Å². The molecule has 1 aromatic rings. The number of carbonyl (C=O) groups excluding carboxylic acids is 2. The molecule has 1 fully saturated rings. The molecule has 2 heterocycles. The number of hydrogen-bond donors (Lipinski definition) is 0. The van der Waals surface area contributed by atoms with E-state index in [1.165, 1.54) is 24.2 Å².